The summed E-state index contributed by atoms with van der Waals surface area (Å²) in [6, 6.07) is 5.93. The summed E-state index contributed by atoms with van der Waals surface area (Å²) in [5.41, 5.74) is 2.86. The van der Waals surface area contributed by atoms with Crippen LogP contribution >= 0.6 is 0 Å². The summed E-state index contributed by atoms with van der Waals surface area (Å²) in [5, 5.41) is 12.7. The van der Waals surface area contributed by atoms with Crippen molar-refractivity contribution in [2.24, 2.45) is 35.5 Å². The molecule has 0 saturated heterocycles. The lowest BCUT2D eigenvalue weighted by molar-refractivity contribution is -0.152. The van der Waals surface area contributed by atoms with Gasteiger partial charge in [-0.15, -0.1) is 0 Å². The molecule has 4 aliphatic carbocycles. The number of nitrogens with one attached hydrogen (secondary N) is 1. The van der Waals surface area contributed by atoms with Gasteiger partial charge in [-0.1, -0.05) is 24.3 Å². The van der Waals surface area contributed by atoms with Gasteiger partial charge < -0.3 is 10.4 Å². The summed E-state index contributed by atoms with van der Waals surface area (Å²) in [5.74, 6) is -0.921. The number of aliphatic carboxylic acids is 1. The van der Waals surface area contributed by atoms with Crippen molar-refractivity contribution in [3.8, 4) is 0 Å². The topological polar surface area (TPSA) is 66.4 Å². The van der Waals surface area contributed by atoms with E-state index in [2.05, 4.69) is 11.4 Å². The van der Waals surface area contributed by atoms with Crippen LogP contribution in [-0.4, -0.2) is 17.0 Å². The van der Waals surface area contributed by atoms with Gasteiger partial charge in [0.1, 0.15) is 0 Å². The number of carbonyl (C=O) groups excluding carboxylic acids is 1. The van der Waals surface area contributed by atoms with Crippen molar-refractivity contribution in [2.75, 3.05) is 5.32 Å². The summed E-state index contributed by atoms with van der Waals surface area (Å²) in [6.45, 7) is 3.93. The van der Waals surface area contributed by atoms with Crippen molar-refractivity contribution in [3.05, 3.63) is 41.5 Å². The second kappa shape index (κ2) is 4.95. The van der Waals surface area contributed by atoms with E-state index in [1.165, 1.54) is 0 Å². The van der Waals surface area contributed by atoms with Crippen LogP contribution in [-0.2, 0) is 9.59 Å². The van der Waals surface area contributed by atoms with Gasteiger partial charge in [0.05, 0.1) is 11.8 Å². The first-order valence-corrected chi connectivity index (χ1v) is 8.26. The van der Waals surface area contributed by atoms with Crippen LogP contribution in [0.5, 0.6) is 0 Å². The Morgan fingerprint density at radius 1 is 1.09 bits per heavy atom. The Morgan fingerprint density at radius 2 is 1.74 bits per heavy atom. The lowest BCUT2D eigenvalue weighted by Crippen LogP contribution is -2.48. The largest absolute Gasteiger partial charge is 0.481 e. The Morgan fingerprint density at radius 3 is 2.39 bits per heavy atom. The molecule has 5 rings (SSSR count). The van der Waals surface area contributed by atoms with Crippen LogP contribution in [0.1, 0.15) is 17.5 Å². The van der Waals surface area contributed by atoms with Gasteiger partial charge in [0.15, 0.2) is 0 Å². The Kier molecular flexibility index (Phi) is 3.12. The molecule has 1 aromatic carbocycles. The molecule has 0 aromatic heterocycles. The molecule has 23 heavy (non-hydrogen) atoms. The third-order valence-electron chi connectivity index (χ3n) is 5.89. The molecule has 4 nitrogen and oxygen atoms in total. The first-order chi connectivity index (χ1) is 11.0. The van der Waals surface area contributed by atoms with Crippen molar-refractivity contribution < 1.29 is 14.7 Å². The van der Waals surface area contributed by atoms with E-state index in [1.54, 1.807) is 0 Å². The van der Waals surface area contributed by atoms with Crippen molar-refractivity contribution in [2.45, 2.75) is 20.3 Å². The fourth-order valence-corrected chi connectivity index (χ4v) is 4.66. The normalized spacial score (nSPS) is 36.4. The molecule has 120 valence electrons. The van der Waals surface area contributed by atoms with Crippen LogP contribution in [0.3, 0.4) is 0 Å². The van der Waals surface area contributed by atoms with E-state index in [4.69, 9.17) is 0 Å². The fourth-order valence-electron chi connectivity index (χ4n) is 4.66. The number of amides is 1. The third kappa shape index (κ3) is 2.19. The Labute approximate surface area is 135 Å². The van der Waals surface area contributed by atoms with Crippen LogP contribution in [0.2, 0.25) is 0 Å². The van der Waals surface area contributed by atoms with Crippen molar-refractivity contribution >= 4 is 17.6 Å². The average Bonchev–Trinajstić information content (AvgIpc) is 3.32. The summed E-state index contributed by atoms with van der Waals surface area (Å²) in [7, 11) is 0. The summed E-state index contributed by atoms with van der Waals surface area (Å²) in [6.07, 6.45) is 5.20. The Bertz CT molecular complexity index is 723. The maximum Gasteiger partial charge on any atom is 0.307 e. The molecular formula is C19H21NO3. The Balaban J connectivity index is 1.63. The third-order valence-corrected chi connectivity index (χ3v) is 5.89. The zero-order chi connectivity index (χ0) is 16.3. The quantitative estimate of drug-likeness (QED) is 0.843. The molecule has 1 amide bonds. The minimum atomic E-state index is -0.837. The SMILES string of the molecule is Cc1ccc(C)c(NC(=O)[C@H]2[C@H]3C=C[C@H]([C@H]4C[C@H]34)[C@@H]2C(=O)O)c1. The van der Waals surface area contributed by atoms with Gasteiger partial charge in [-0.25, -0.2) is 0 Å². The van der Waals surface area contributed by atoms with Gasteiger partial charge in [0.2, 0.25) is 5.91 Å². The fraction of sp³-hybridized carbons (Fsp3) is 0.474. The number of hydrogen-bond acceptors (Lipinski definition) is 2. The van der Waals surface area contributed by atoms with E-state index in [1.807, 2.05) is 38.1 Å². The summed E-state index contributed by atoms with van der Waals surface area (Å²) >= 11 is 0. The first-order valence-electron chi connectivity index (χ1n) is 8.26. The zero-order valence-corrected chi connectivity index (χ0v) is 13.3. The highest BCUT2D eigenvalue weighted by Gasteiger charge is 2.62. The summed E-state index contributed by atoms with van der Waals surface area (Å²) < 4.78 is 0. The second-order valence-corrected chi connectivity index (χ2v) is 7.30. The number of carbonyl (C=O) groups is 2. The number of benzene rings is 1. The molecular weight excluding hydrogens is 290 g/mol. The second-order valence-electron chi connectivity index (χ2n) is 7.30. The van der Waals surface area contributed by atoms with Gasteiger partial charge in [0.25, 0.3) is 0 Å². The van der Waals surface area contributed by atoms with E-state index in [0.717, 1.165) is 23.2 Å². The molecule has 1 aromatic rings. The molecule has 0 aliphatic heterocycles. The predicted molar refractivity (Wildman–Crippen MR) is 86.9 cm³/mol. The number of rotatable bonds is 3. The van der Waals surface area contributed by atoms with Gasteiger partial charge in [-0.3, -0.25) is 9.59 Å². The highest BCUT2D eigenvalue weighted by molar-refractivity contribution is 5.96. The average molecular weight is 311 g/mol. The molecule has 6 atom stereocenters. The van der Waals surface area contributed by atoms with E-state index in [0.29, 0.717) is 11.8 Å². The number of carboxylic acids is 1. The molecule has 2 fully saturated rings. The van der Waals surface area contributed by atoms with Gasteiger partial charge in [-0.2, -0.15) is 0 Å². The van der Waals surface area contributed by atoms with Gasteiger partial charge in [-0.05, 0) is 61.1 Å². The number of anilines is 1. The van der Waals surface area contributed by atoms with Crippen LogP contribution in [0, 0.1) is 49.4 Å². The number of carboxylic acid groups (broad SMARTS) is 1. The highest BCUT2D eigenvalue weighted by atomic mass is 16.4. The smallest absolute Gasteiger partial charge is 0.307 e. The van der Waals surface area contributed by atoms with E-state index < -0.39 is 17.8 Å². The predicted octanol–water partition coefficient (Wildman–Crippen LogP) is 3.01. The molecule has 2 saturated carbocycles. The molecule has 0 radical (unpaired) electrons. The standard InChI is InChI=1S/C19H21NO3/c1-9-3-4-10(2)15(7-9)20-18(21)16-11-5-6-12(14-8-13(11)14)17(16)19(22)23/h3-7,11-14,16-17H,8H2,1-2H3,(H,20,21)(H,22,23)/t11-,12+,13+,14+,16-,17-/m0/s1. The lowest BCUT2D eigenvalue weighted by atomic mass is 9.62. The van der Waals surface area contributed by atoms with E-state index in [-0.39, 0.29) is 17.7 Å². The van der Waals surface area contributed by atoms with Crippen molar-refractivity contribution in [1.82, 2.24) is 0 Å². The molecule has 4 aliphatic rings. The number of hydrogen-bond donors (Lipinski definition) is 2. The molecule has 0 heterocycles. The number of fused-ring (bicyclic) bond motifs is 1. The van der Waals surface area contributed by atoms with Crippen molar-refractivity contribution in [1.29, 1.82) is 0 Å². The number of aryl methyl sites for hydroxylation is 2. The monoisotopic (exact) mass is 311 g/mol. The molecule has 0 unspecified atom stereocenters. The van der Waals surface area contributed by atoms with Crippen LogP contribution < -0.4 is 5.32 Å². The first kappa shape index (κ1) is 14.5. The van der Waals surface area contributed by atoms with Crippen LogP contribution in [0.4, 0.5) is 5.69 Å². The lowest BCUT2D eigenvalue weighted by Gasteiger charge is -2.41. The van der Waals surface area contributed by atoms with Crippen molar-refractivity contribution in [3.63, 3.8) is 0 Å². The maximum atomic E-state index is 12.9. The maximum absolute atomic E-state index is 12.9. The minimum Gasteiger partial charge on any atom is -0.481 e. The molecule has 2 bridgehead atoms. The van der Waals surface area contributed by atoms with Crippen LogP contribution in [0.25, 0.3) is 0 Å². The highest BCUT2D eigenvalue weighted by Crippen LogP contribution is 2.63. The molecule has 0 spiro atoms. The van der Waals surface area contributed by atoms with Crippen LogP contribution in [0.15, 0.2) is 30.4 Å². The Hall–Kier alpha value is -2.10. The zero-order valence-electron chi connectivity index (χ0n) is 13.3. The molecule has 2 N–H and O–H groups in total. The number of allylic oxidation sites excluding steroid dienone is 2. The minimum absolute atomic E-state index is 0.0249. The van der Waals surface area contributed by atoms with Gasteiger partial charge >= 0.3 is 5.97 Å². The summed E-state index contributed by atoms with van der Waals surface area (Å²) in [4.78, 5) is 24.7. The molecule has 4 heteroatoms. The van der Waals surface area contributed by atoms with E-state index >= 15 is 0 Å². The van der Waals surface area contributed by atoms with E-state index in [9.17, 15) is 14.7 Å². The van der Waals surface area contributed by atoms with Gasteiger partial charge in [0, 0.05) is 5.69 Å².